The van der Waals surface area contributed by atoms with Crippen molar-refractivity contribution in [3.05, 3.63) is 89.5 Å². The summed E-state index contributed by atoms with van der Waals surface area (Å²) >= 11 is 0. The summed E-state index contributed by atoms with van der Waals surface area (Å²) < 4.78 is 30.8. The summed E-state index contributed by atoms with van der Waals surface area (Å²) in [5, 5.41) is 4.95. The topological polar surface area (TPSA) is 78.3 Å². The molecule has 0 saturated carbocycles. The van der Waals surface area contributed by atoms with E-state index in [1.54, 1.807) is 36.4 Å². The maximum absolute atomic E-state index is 12.1. The molecule has 0 fully saturated rings. The summed E-state index contributed by atoms with van der Waals surface area (Å²) in [7, 11) is -1.97. The maximum atomic E-state index is 12.1. The third-order valence-electron chi connectivity index (χ3n) is 6.78. The summed E-state index contributed by atoms with van der Waals surface area (Å²) in [6.45, 7) is 13.2. The number of ether oxygens (including phenoxy) is 1. The molecule has 0 aliphatic rings. The second kappa shape index (κ2) is 10.1. The zero-order chi connectivity index (χ0) is 28.8. The maximum Gasteiger partial charge on any atom is 0.337 e. The van der Waals surface area contributed by atoms with Gasteiger partial charge in [0.1, 0.15) is 0 Å². The van der Waals surface area contributed by atoms with E-state index in [9.17, 15) is 13.2 Å². The highest BCUT2D eigenvalue weighted by Crippen LogP contribution is 2.36. The van der Waals surface area contributed by atoms with Crippen LogP contribution < -0.4 is 0 Å². The van der Waals surface area contributed by atoms with Crippen LogP contribution in [-0.2, 0) is 25.4 Å². The normalized spacial score (nSPS) is 12.4. The minimum Gasteiger partial charge on any atom is -0.465 e. The van der Waals surface area contributed by atoms with E-state index in [1.165, 1.54) is 24.5 Å². The van der Waals surface area contributed by atoms with E-state index in [4.69, 9.17) is 9.84 Å². The molecule has 0 saturated heterocycles. The highest BCUT2D eigenvalue weighted by atomic mass is 32.2. The number of benzene rings is 3. The Morgan fingerprint density at radius 2 is 1.31 bits per heavy atom. The fourth-order valence-corrected chi connectivity index (χ4v) is 4.93. The molecule has 4 aromatic rings. The van der Waals surface area contributed by atoms with Crippen LogP contribution in [0, 0.1) is 0 Å². The van der Waals surface area contributed by atoms with Crippen LogP contribution in [0.3, 0.4) is 0 Å². The Hall–Kier alpha value is -3.71. The van der Waals surface area contributed by atoms with E-state index in [-0.39, 0.29) is 15.7 Å². The first-order chi connectivity index (χ1) is 18.1. The van der Waals surface area contributed by atoms with Crippen LogP contribution in [0.4, 0.5) is 0 Å². The number of aromatic nitrogens is 2. The average Bonchev–Trinajstić information content (AvgIpc) is 3.32. The van der Waals surface area contributed by atoms with Crippen LogP contribution >= 0.6 is 0 Å². The molecule has 0 unspecified atom stereocenters. The van der Waals surface area contributed by atoms with Crippen LogP contribution in [0.15, 0.2) is 77.7 Å². The fraction of sp³-hybridized carbons (Fsp3) is 0.312. The number of nitrogens with zero attached hydrogens (tertiary/aromatic N) is 2. The van der Waals surface area contributed by atoms with Crippen LogP contribution in [0.2, 0.25) is 0 Å². The van der Waals surface area contributed by atoms with Gasteiger partial charge in [-0.25, -0.2) is 17.9 Å². The SMILES string of the molecule is COC(=O)c1ccc(-c2cc(-c3cc(C(C)(C)C)cc(C(C)(C)C)c3)n(-c3ccc(S(C)(=O)=O)cc3)n2)cc1. The van der Waals surface area contributed by atoms with Crippen LogP contribution in [0.5, 0.6) is 0 Å². The molecule has 3 aromatic carbocycles. The molecule has 39 heavy (non-hydrogen) atoms. The van der Waals surface area contributed by atoms with Crippen molar-refractivity contribution in [3.8, 4) is 28.2 Å². The Bertz CT molecular complexity index is 1590. The molecule has 0 amide bonds. The lowest BCUT2D eigenvalue weighted by atomic mass is 9.79. The van der Waals surface area contributed by atoms with Gasteiger partial charge in [0.25, 0.3) is 0 Å². The van der Waals surface area contributed by atoms with Crippen molar-refractivity contribution < 1.29 is 17.9 Å². The first kappa shape index (κ1) is 28.3. The summed E-state index contributed by atoms with van der Waals surface area (Å²) in [6, 6.07) is 22.6. The lowest BCUT2D eigenvalue weighted by molar-refractivity contribution is 0.0600. The van der Waals surface area contributed by atoms with Gasteiger partial charge in [-0.05, 0) is 76.6 Å². The molecular formula is C32H36N2O4S. The van der Waals surface area contributed by atoms with Crippen molar-refractivity contribution in [1.82, 2.24) is 9.78 Å². The third kappa shape index (κ3) is 6.14. The summed E-state index contributed by atoms with van der Waals surface area (Å²) in [5.41, 5.74) is 6.98. The van der Waals surface area contributed by atoms with Gasteiger partial charge in [0, 0.05) is 17.4 Å². The Morgan fingerprint density at radius 3 is 1.77 bits per heavy atom. The zero-order valence-corrected chi connectivity index (χ0v) is 24.7. The van der Waals surface area contributed by atoms with Gasteiger partial charge in [0.2, 0.25) is 0 Å². The van der Waals surface area contributed by atoms with Crippen LogP contribution in [0.25, 0.3) is 28.2 Å². The van der Waals surface area contributed by atoms with Gasteiger partial charge in [-0.15, -0.1) is 0 Å². The van der Waals surface area contributed by atoms with Gasteiger partial charge in [-0.2, -0.15) is 5.10 Å². The molecule has 6 nitrogen and oxygen atoms in total. The van der Waals surface area contributed by atoms with E-state index in [0.29, 0.717) is 5.56 Å². The van der Waals surface area contributed by atoms with E-state index in [1.807, 2.05) is 22.9 Å². The lowest BCUT2D eigenvalue weighted by Gasteiger charge is -2.26. The smallest absolute Gasteiger partial charge is 0.337 e. The molecule has 0 aliphatic carbocycles. The largest absolute Gasteiger partial charge is 0.465 e. The molecule has 0 N–H and O–H groups in total. The minimum absolute atomic E-state index is 0.0649. The standard InChI is InChI=1S/C32H36N2O4S/c1-31(2,3)24-17-23(18-25(19-24)32(4,5)6)29-20-28(21-9-11-22(12-10-21)30(35)38-7)33-34(29)26-13-15-27(16-14-26)39(8,36)37/h9-20H,1-8H3. The molecular weight excluding hydrogens is 508 g/mol. The van der Waals surface area contributed by atoms with Crippen molar-refractivity contribution >= 4 is 15.8 Å². The number of hydrogen-bond donors (Lipinski definition) is 0. The molecule has 0 spiro atoms. The van der Waals surface area contributed by atoms with Crippen molar-refractivity contribution in [1.29, 1.82) is 0 Å². The van der Waals surface area contributed by atoms with E-state index in [0.717, 1.165) is 28.2 Å². The van der Waals surface area contributed by atoms with Crippen molar-refractivity contribution in [2.45, 2.75) is 57.3 Å². The number of carbonyl (C=O) groups is 1. The van der Waals surface area contributed by atoms with E-state index in [2.05, 4.69) is 59.7 Å². The van der Waals surface area contributed by atoms with Gasteiger partial charge < -0.3 is 4.74 Å². The Kier molecular flexibility index (Phi) is 7.34. The molecule has 0 bridgehead atoms. The molecule has 1 heterocycles. The third-order valence-corrected chi connectivity index (χ3v) is 7.91. The Morgan fingerprint density at radius 1 is 0.769 bits per heavy atom. The highest BCUT2D eigenvalue weighted by molar-refractivity contribution is 7.90. The Labute approximate surface area is 231 Å². The molecule has 1 aromatic heterocycles. The quantitative estimate of drug-likeness (QED) is 0.253. The number of rotatable bonds is 5. The van der Waals surface area contributed by atoms with Gasteiger partial charge in [-0.1, -0.05) is 59.7 Å². The summed E-state index contributed by atoms with van der Waals surface area (Å²) in [6.07, 6.45) is 1.20. The van der Waals surface area contributed by atoms with Crippen LogP contribution in [-0.4, -0.2) is 37.5 Å². The van der Waals surface area contributed by atoms with E-state index >= 15 is 0 Å². The summed E-state index contributed by atoms with van der Waals surface area (Å²) in [5.74, 6) is -0.396. The fourth-order valence-electron chi connectivity index (χ4n) is 4.30. The van der Waals surface area contributed by atoms with Crippen molar-refractivity contribution in [2.75, 3.05) is 13.4 Å². The molecule has 0 aliphatic heterocycles. The first-order valence-electron chi connectivity index (χ1n) is 12.8. The number of sulfone groups is 1. The Balaban J connectivity index is 1.95. The predicted molar refractivity (Wildman–Crippen MR) is 156 cm³/mol. The van der Waals surface area contributed by atoms with Crippen LogP contribution in [0.1, 0.15) is 63.0 Å². The molecule has 4 rings (SSSR count). The first-order valence-corrected chi connectivity index (χ1v) is 14.7. The van der Waals surface area contributed by atoms with Gasteiger partial charge in [0.15, 0.2) is 9.84 Å². The van der Waals surface area contributed by atoms with Gasteiger partial charge in [0.05, 0.1) is 34.6 Å². The molecule has 204 valence electrons. The number of hydrogen-bond acceptors (Lipinski definition) is 5. The second-order valence-electron chi connectivity index (χ2n) is 12.0. The zero-order valence-electron chi connectivity index (χ0n) is 23.9. The van der Waals surface area contributed by atoms with Gasteiger partial charge >= 0.3 is 5.97 Å². The predicted octanol–water partition coefficient (Wildman–Crippen LogP) is 6.99. The number of methoxy groups -OCH3 is 1. The summed E-state index contributed by atoms with van der Waals surface area (Å²) in [4.78, 5) is 12.2. The van der Waals surface area contributed by atoms with E-state index < -0.39 is 15.8 Å². The lowest BCUT2D eigenvalue weighted by Crippen LogP contribution is -2.16. The van der Waals surface area contributed by atoms with Gasteiger partial charge in [-0.3, -0.25) is 0 Å². The molecule has 0 atom stereocenters. The number of carbonyl (C=O) groups excluding carboxylic acids is 1. The van der Waals surface area contributed by atoms with Crippen molar-refractivity contribution in [2.24, 2.45) is 0 Å². The molecule has 0 radical (unpaired) electrons. The monoisotopic (exact) mass is 544 g/mol. The average molecular weight is 545 g/mol. The minimum atomic E-state index is -3.33. The number of esters is 1. The van der Waals surface area contributed by atoms with Crippen molar-refractivity contribution in [3.63, 3.8) is 0 Å². The molecule has 7 heteroatoms. The highest BCUT2D eigenvalue weighted by Gasteiger charge is 2.23. The second-order valence-corrected chi connectivity index (χ2v) is 14.0.